The fourth-order valence-corrected chi connectivity index (χ4v) is 11.6. The maximum Gasteiger partial charge on any atom is 0.472 e. The fraction of sp³-hybridized carbons (Fsp3) is 0.940. The molecule has 510 valence electrons. The average Bonchev–Trinajstić information content (AvgIpc) is 3.56. The zero-order valence-electron chi connectivity index (χ0n) is 55.6. The van der Waals surface area contributed by atoms with E-state index in [0.717, 1.165) is 102 Å². The van der Waals surface area contributed by atoms with Crippen LogP contribution in [0.4, 0.5) is 0 Å². The molecule has 0 aromatic heterocycles. The summed E-state index contributed by atoms with van der Waals surface area (Å²) in [5.41, 5.74) is 0. The Balaban J connectivity index is 5.24. The van der Waals surface area contributed by atoms with Gasteiger partial charge in [0.15, 0.2) is 12.2 Å². The quantitative estimate of drug-likeness (QED) is 0.0222. The van der Waals surface area contributed by atoms with E-state index in [1.165, 1.54) is 148 Å². The molecule has 0 aromatic carbocycles. The third kappa shape index (κ3) is 60.9. The molecule has 3 N–H and O–H groups in total. The Morgan fingerprint density at radius 3 is 0.791 bits per heavy atom. The van der Waals surface area contributed by atoms with E-state index >= 15 is 0 Å². The van der Waals surface area contributed by atoms with Crippen molar-refractivity contribution in [1.82, 2.24) is 0 Å². The van der Waals surface area contributed by atoms with Gasteiger partial charge in [0.25, 0.3) is 0 Å². The van der Waals surface area contributed by atoms with E-state index in [0.29, 0.717) is 31.6 Å². The third-order valence-corrected chi connectivity index (χ3v) is 17.4. The molecule has 0 spiro atoms. The van der Waals surface area contributed by atoms with Gasteiger partial charge in [-0.15, -0.1) is 0 Å². The number of hydrogen-bond donors (Lipinski definition) is 3. The van der Waals surface area contributed by atoms with Crippen LogP contribution in [0.3, 0.4) is 0 Å². The minimum atomic E-state index is -4.95. The molecule has 0 radical (unpaired) electrons. The molecule has 0 aliphatic carbocycles. The molecule has 0 saturated heterocycles. The van der Waals surface area contributed by atoms with Crippen LogP contribution < -0.4 is 0 Å². The number of carbonyl (C=O) groups excluding carboxylic acids is 4. The number of esters is 4. The van der Waals surface area contributed by atoms with Crippen molar-refractivity contribution in [3.8, 4) is 0 Å². The van der Waals surface area contributed by atoms with Crippen LogP contribution >= 0.6 is 15.6 Å². The van der Waals surface area contributed by atoms with Crippen molar-refractivity contribution in [2.24, 2.45) is 11.8 Å². The second-order valence-electron chi connectivity index (χ2n) is 25.2. The van der Waals surface area contributed by atoms with Crippen molar-refractivity contribution < 1.29 is 80.2 Å². The lowest BCUT2D eigenvalue weighted by molar-refractivity contribution is -0.161. The topological polar surface area (TPSA) is 237 Å². The van der Waals surface area contributed by atoms with Crippen LogP contribution in [0, 0.1) is 11.8 Å². The average molecular weight is 1270 g/mol. The number of carbonyl (C=O) groups is 4. The second-order valence-corrected chi connectivity index (χ2v) is 28.1. The molecule has 19 heteroatoms. The third-order valence-electron chi connectivity index (χ3n) is 15.5. The predicted octanol–water partition coefficient (Wildman–Crippen LogP) is 18.8. The molecule has 0 fully saturated rings. The molecule has 5 atom stereocenters. The molecule has 0 bridgehead atoms. The number of rotatable bonds is 66. The highest BCUT2D eigenvalue weighted by Crippen LogP contribution is 2.45. The summed E-state index contributed by atoms with van der Waals surface area (Å²) in [6.07, 6.45) is 43.2. The first-order valence-corrected chi connectivity index (χ1v) is 38.0. The summed E-state index contributed by atoms with van der Waals surface area (Å²) < 4.78 is 68.1. The minimum Gasteiger partial charge on any atom is -0.462 e. The molecule has 17 nitrogen and oxygen atoms in total. The molecule has 0 heterocycles. The molecular weight excluding hydrogens is 1140 g/mol. The van der Waals surface area contributed by atoms with E-state index < -0.39 is 97.5 Å². The van der Waals surface area contributed by atoms with Gasteiger partial charge in [0.05, 0.1) is 26.4 Å². The van der Waals surface area contributed by atoms with Crippen molar-refractivity contribution in [1.29, 1.82) is 0 Å². The van der Waals surface area contributed by atoms with Crippen molar-refractivity contribution >= 4 is 39.5 Å². The van der Waals surface area contributed by atoms with Crippen LogP contribution in [0.5, 0.6) is 0 Å². The highest BCUT2D eigenvalue weighted by Gasteiger charge is 2.30. The van der Waals surface area contributed by atoms with E-state index in [2.05, 4.69) is 41.5 Å². The Bertz CT molecular complexity index is 1680. The molecule has 0 saturated carbocycles. The summed E-state index contributed by atoms with van der Waals surface area (Å²) in [6, 6.07) is 0. The first-order valence-electron chi connectivity index (χ1n) is 35.0. The van der Waals surface area contributed by atoms with Gasteiger partial charge in [0.1, 0.15) is 19.3 Å². The van der Waals surface area contributed by atoms with Crippen molar-refractivity contribution in [2.75, 3.05) is 39.6 Å². The largest absolute Gasteiger partial charge is 0.472 e. The molecule has 86 heavy (non-hydrogen) atoms. The van der Waals surface area contributed by atoms with Gasteiger partial charge >= 0.3 is 39.5 Å². The summed E-state index contributed by atoms with van der Waals surface area (Å²) in [4.78, 5) is 72.3. The van der Waals surface area contributed by atoms with Crippen LogP contribution in [0.25, 0.3) is 0 Å². The first-order chi connectivity index (χ1) is 41.4. The van der Waals surface area contributed by atoms with Gasteiger partial charge in [-0.25, -0.2) is 9.13 Å². The Hall–Kier alpha value is -1.94. The second kappa shape index (κ2) is 59.4. The van der Waals surface area contributed by atoms with Gasteiger partial charge in [-0.3, -0.25) is 37.3 Å². The van der Waals surface area contributed by atoms with Crippen molar-refractivity contribution in [3.05, 3.63) is 0 Å². The van der Waals surface area contributed by atoms with Gasteiger partial charge in [-0.1, -0.05) is 286 Å². The Morgan fingerprint density at radius 2 is 0.535 bits per heavy atom. The molecule has 0 rings (SSSR count). The van der Waals surface area contributed by atoms with Crippen LogP contribution in [0.15, 0.2) is 0 Å². The van der Waals surface area contributed by atoms with Crippen molar-refractivity contribution in [3.63, 3.8) is 0 Å². The lowest BCUT2D eigenvalue weighted by atomic mass is 10.0. The molecule has 0 aromatic rings. The number of hydrogen-bond acceptors (Lipinski definition) is 15. The standard InChI is InChI=1S/C67H130O17P2/c1-7-9-11-13-15-17-19-21-22-24-26-31-39-45-51-66(71)83-62(55-77-64(69)49-43-37-30-25-23-20-18-16-14-12-10-8-2)57-81-85(73,74)79-53-61(68)54-80-86(75,76)82-58-63(56-78-65(70)50-44-38-34-33-36-42-48-60(5)6)84-67(72)52-46-40-32-28-27-29-35-41-47-59(3)4/h59-63,68H,7-58H2,1-6H3,(H,73,74)(H,75,76)/t61-,62-,63-/m1/s1. The summed E-state index contributed by atoms with van der Waals surface area (Å²) in [6.45, 7) is 9.40. The SMILES string of the molecule is CCCCCCCCCCCCCCCCC(=O)O[C@H](COC(=O)CCCCCCCCCCCCCC)COP(=O)(O)OC[C@@H](O)COP(=O)(O)OC[C@@H](COC(=O)CCCCCCCCC(C)C)OC(=O)CCCCCCCCCCC(C)C. The summed E-state index contributed by atoms with van der Waals surface area (Å²) in [7, 11) is -9.89. The highest BCUT2D eigenvalue weighted by atomic mass is 31.2. The number of phosphoric acid groups is 2. The van der Waals surface area contributed by atoms with Crippen LogP contribution in [0.2, 0.25) is 0 Å². The number of aliphatic hydroxyl groups excluding tert-OH is 1. The lowest BCUT2D eigenvalue weighted by Gasteiger charge is -2.21. The summed E-state index contributed by atoms with van der Waals surface area (Å²) in [5.74, 6) is -0.733. The Labute approximate surface area is 524 Å². The number of aliphatic hydroxyl groups is 1. The Morgan fingerprint density at radius 1 is 0.314 bits per heavy atom. The van der Waals surface area contributed by atoms with Gasteiger partial charge in [0, 0.05) is 25.7 Å². The Kier molecular flexibility index (Phi) is 58.0. The van der Waals surface area contributed by atoms with E-state index in [-0.39, 0.29) is 25.7 Å². The lowest BCUT2D eigenvalue weighted by Crippen LogP contribution is -2.30. The molecule has 0 aliphatic heterocycles. The van der Waals surface area contributed by atoms with Crippen LogP contribution in [0.1, 0.15) is 337 Å². The van der Waals surface area contributed by atoms with E-state index in [1.807, 2.05) is 0 Å². The highest BCUT2D eigenvalue weighted by molar-refractivity contribution is 7.47. The van der Waals surface area contributed by atoms with Gasteiger partial charge in [-0.05, 0) is 37.5 Å². The normalized spacial score (nSPS) is 14.2. The molecule has 0 aliphatic rings. The fourth-order valence-electron chi connectivity index (χ4n) is 10.1. The smallest absolute Gasteiger partial charge is 0.462 e. The van der Waals surface area contributed by atoms with E-state index in [4.69, 9.17) is 37.0 Å². The zero-order valence-corrected chi connectivity index (χ0v) is 57.4. The van der Waals surface area contributed by atoms with Crippen molar-refractivity contribution in [2.45, 2.75) is 355 Å². The molecular formula is C67H130O17P2. The number of ether oxygens (including phenoxy) is 4. The maximum absolute atomic E-state index is 13.0. The minimum absolute atomic E-state index is 0.103. The summed E-state index contributed by atoms with van der Waals surface area (Å²) in [5, 5.41) is 10.6. The predicted molar refractivity (Wildman–Crippen MR) is 345 cm³/mol. The maximum atomic E-state index is 13.0. The van der Waals surface area contributed by atoms with E-state index in [1.54, 1.807) is 0 Å². The van der Waals surface area contributed by atoms with Gasteiger partial charge in [-0.2, -0.15) is 0 Å². The summed E-state index contributed by atoms with van der Waals surface area (Å²) >= 11 is 0. The van der Waals surface area contributed by atoms with Gasteiger partial charge in [0.2, 0.25) is 0 Å². The number of unbranched alkanes of at least 4 members (excludes halogenated alkanes) is 36. The van der Waals surface area contributed by atoms with Crippen LogP contribution in [-0.2, 0) is 65.4 Å². The monoisotopic (exact) mass is 1270 g/mol. The van der Waals surface area contributed by atoms with E-state index in [9.17, 15) is 43.2 Å². The van der Waals surface area contributed by atoms with Crippen LogP contribution in [-0.4, -0.2) is 96.7 Å². The number of phosphoric ester groups is 2. The molecule has 0 amide bonds. The molecule has 2 unspecified atom stereocenters. The first kappa shape index (κ1) is 84.1. The zero-order chi connectivity index (χ0) is 63.6. The van der Waals surface area contributed by atoms with Gasteiger partial charge < -0.3 is 33.8 Å².